The largest absolute Gasteiger partial charge is 0.352 e. The molecule has 1 aliphatic heterocycles. The Balaban J connectivity index is 1.30. The van der Waals surface area contributed by atoms with Crippen LogP contribution in [0.15, 0.2) is 30.3 Å². The fraction of sp³-hybridized carbons (Fsp3) is 0.600. The first-order chi connectivity index (χ1) is 11.7. The highest BCUT2D eigenvalue weighted by Gasteiger charge is 2.58. The number of hydrogen-bond acceptors (Lipinski definition) is 2. The van der Waals surface area contributed by atoms with Crippen LogP contribution in [0.25, 0.3) is 0 Å². The Morgan fingerprint density at radius 1 is 1.04 bits per heavy atom. The zero-order chi connectivity index (χ0) is 16.6. The predicted octanol–water partition coefficient (Wildman–Crippen LogP) is 2.53. The van der Waals surface area contributed by atoms with Crippen LogP contribution >= 0.6 is 0 Å². The lowest BCUT2D eigenvalue weighted by Crippen LogP contribution is -2.48. The van der Waals surface area contributed by atoms with Gasteiger partial charge in [-0.3, -0.25) is 9.59 Å². The molecule has 0 unspecified atom stereocenters. The lowest BCUT2D eigenvalue weighted by atomic mass is 9.89. The number of hydrogen-bond donors (Lipinski definition) is 1. The van der Waals surface area contributed by atoms with Gasteiger partial charge in [-0.2, -0.15) is 0 Å². The molecule has 3 aliphatic rings. The topological polar surface area (TPSA) is 49.4 Å². The van der Waals surface area contributed by atoms with Crippen molar-refractivity contribution >= 4 is 11.8 Å². The molecule has 1 aromatic carbocycles. The second kappa shape index (κ2) is 6.23. The number of likely N-dealkylation sites (tertiary alicyclic amines) is 1. The van der Waals surface area contributed by atoms with E-state index in [2.05, 4.69) is 29.6 Å². The highest BCUT2D eigenvalue weighted by Crippen LogP contribution is 2.48. The number of rotatable bonds is 5. The maximum Gasteiger partial charge on any atom is 0.238 e. The normalized spacial score (nSPS) is 22.9. The Hall–Kier alpha value is -1.84. The van der Waals surface area contributed by atoms with Crippen LogP contribution < -0.4 is 5.32 Å². The first kappa shape index (κ1) is 15.7. The van der Waals surface area contributed by atoms with Gasteiger partial charge >= 0.3 is 0 Å². The summed E-state index contributed by atoms with van der Waals surface area (Å²) in [5.41, 5.74) is 0.666. The zero-order valence-electron chi connectivity index (χ0n) is 14.2. The summed E-state index contributed by atoms with van der Waals surface area (Å²) in [7, 11) is 0. The third kappa shape index (κ3) is 3.19. The number of carbonyl (C=O) groups is 2. The lowest BCUT2D eigenvalue weighted by Gasteiger charge is -2.34. The van der Waals surface area contributed by atoms with Crippen LogP contribution in [-0.4, -0.2) is 35.8 Å². The summed E-state index contributed by atoms with van der Waals surface area (Å²) in [6.45, 7) is 1.60. The summed E-state index contributed by atoms with van der Waals surface area (Å²) in [6, 6.07) is 10.9. The third-order valence-electron chi connectivity index (χ3n) is 5.78. The first-order valence-corrected chi connectivity index (χ1v) is 9.32. The van der Waals surface area contributed by atoms with Gasteiger partial charge in [-0.25, -0.2) is 0 Å². The maximum absolute atomic E-state index is 12.9. The minimum absolute atomic E-state index is 0.0126. The summed E-state index contributed by atoms with van der Waals surface area (Å²) in [6.07, 6.45) is 6.78. The molecule has 1 heterocycles. The molecular formula is C20H26N2O2. The van der Waals surface area contributed by atoms with Gasteiger partial charge in [0.25, 0.3) is 0 Å². The van der Waals surface area contributed by atoms with Gasteiger partial charge in [0.2, 0.25) is 11.8 Å². The molecule has 4 nitrogen and oxygen atoms in total. The van der Waals surface area contributed by atoms with Gasteiger partial charge in [0.05, 0.1) is 0 Å². The van der Waals surface area contributed by atoms with Crippen LogP contribution in [0.4, 0.5) is 0 Å². The second-order valence-corrected chi connectivity index (χ2v) is 7.76. The number of benzene rings is 1. The van der Waals surface area contributed by atoms with Crippen LogP contribution in [0.1, 0.15) is 44.1 Å². The fourth-order valence-electron chi connectivity index (χ4n) is 3.80. The Bertz CT molecular complexity index is 612. The van der Waals surface area contributed by atoms with E-state index in [4.69, 9.17) is 0 Å². The van der Waals surface area contributed by atoms with Crippen molar-refractivity contribution in [3.63, 3.8) is 0 Å². The van der Waals surface area contributed by atoms with Crippen molar-refractivity contribution in [3.05, 3.63) is 35.9 Å². The van der Waals surface area contributed by atoms with Gasteiger partial charge in [0, 0.05) is 19.1 Å². The monoisotopic (exact) mass is 326 g/mol. The van der Waals surface area contributed by atoms with Gasteiger partial charge in [-0.15, -0.1) is 0 Å². The summed E-state index contributed by atoms with van der Waals surface area (Å²) in [4.78, 5) is 27.2. The highest BCUT2D eigenvalue weighted by molar-refractivity contribution is 6.08. The van der Waals surface area contributed by atoms with Crippen LogP contribution in [-0.2, 0) is 16.0 Å². The van der Waals surface area contributed by atoms with Crippen molar-refractivity contribution in [2.45, 2.75) is 51.0 Å². The van der Waals surface area contributed by atoms with E-state index in [1.54, 1.807) is 0 Å². The molecule has 1 aromatic rings. The van der Waals surface area contributed by atoms with E-state index in [-0.39, 0.29) is 11.8 Å². The van der Waals surface area contributed by atoms with Gasteiger partial charge < -0.3 is 10.2 Å². The Morgan fingerprint density at radius 2 is 1.71 bits per heavy atom. The van der Waals surface area contributed by atoms with Gasteiger partial charge in [0.1, 0.15) is 5.41 Å². The van der Waals surface area contributed by atoms with Gasteiger partial charge in [-0.1, -0.05) is 30.3 Å². The van der Waals surface area contributed by atoms with E-state index in [0.29, 0.717) is 12.0 Å². The minimum Gasteiger partial charge on any atom is -0.352 e. The zero-order valence-corrected chi connectivity index (χ0v) is 14.2. The second-order valence-electron chi connectivity index (χ2n) is 7.76. The molecule has 1 N–H and O–H groups in total. The van der Waals surface area contributed by atoms with Crippen LogP contribution in [0.3, 0.4) is 0 Å². The number of nitrogens with zero attached hydrogens (tertiary/aromatic N) is 1. The van der Waals surface area contributed by atoms with Crippen molar-refractivity contribution < 1.29 is 9.59 Å². The molecule has 0 spiro atoms. The highest BCUT2D eigenvalue weighted by atomic mass is 16.2. The van der Waals surface area contributed by atoms with Crippen LogP contribution in [0.2, 0.25) is 0 Å². The Labute approximate surface area is 143 Å². The summed E-state index contributed by atoms with van der Waals surface area (Å²) in [5.74, 6) is 0.715. The van der Waals surface area contributed by atoms with E-state index < -0.39 is 5.41 Å². The van der Waals surface area contributed by atoms with Crippen molar-refractivity contribution in [2.75, 3.05) is 13.1 Å². The SMILES string of the molecule is O=C(NC1CC1)C1(C(=O)N2CCC(Cc3ccccc3)CC2)CC1. The Morgan fingerprint density at radius 3 is 2.29 bits per heavy atom. The van der Waals surface area contributed by atoms with E-state index in [1.165, 1.54) is 5.56 Å². The van der Waals surface area contributed by atoms with E-state index in [1.807, 2.05) is 11.0 Å². The van der Waals surface area contributed by atoms with Crippen LogP contribution in [0, 0.1) is 11.3 Å². The lowest BCUT2D eigenvalue weighted by molar-refractivity contribution is -0.145. The number of carbonyl (C=O) groups excluding carboxylic acids is 2. The molecule has 24 heavy (non-hydrogen) atoms. The average Bonchev–Trinajstić information content (AvgIpc) is 3.51. The van der Waals surface area contributed by atoms with Crippen molar-refractivity contribution in [1.29, 1.82) is 0 Å². The molecule has 4 heteroatoms. The standard InChI is InChI=1S/C20H26N2O2/c23-18(21-17-6-7-17)20(10-11-20)19(24)22-12-8-16(9-13-22)14-15-4-2-1-3-5-15/h1-5,16-17H,6-14H2,(H,21,23). The Kier molecular flexibility index (Phi) is 4.07. The number of amides is 2. The van der Waals surface area contributed by atoms with E-state index in [0.717, 1.165) is 58.0 Å². The molecule has 0 bridgehead atoms. The quantitative estimate of drug-likeness (QED) is 0.845. The summed E-state index contributed by atoms with van der Waals surface area (Å²) in [5, 5.41) is 3.03. The van der Waals surface area contributed by atoms with Crippen LogP contribution in [0.5, 0.6) is 0 Å². The molecule has 1 saturated heterocycles. The predicted molar refractivity (Wildman–Crippen MR) is 92.3 cm³/mol. The smallest absolute Gasteiger partial charge is 0.238 e. The van der Waals surface area contributed by atoms with Gasteiger partial charge in [0.15, 0.2) is 0 Å². The van der Waals surface area contributed by atoms with Crippen molar-refractivity contribution in [3.8, 4) is 0 Å². The molecule has 0 aromatic heterocycles. The molecule has 0 atom stereocenters. The maximum atomic E-state index is 12.9. The minimum atomic E-state index is -0.713. The number of piperidine rings is 1. The summed E-state index contributed by atoms with van der Waals surface area (Å²) >= 11 is 0. The number of nitrogens with one attached hydrogen (secondary N) is 1. The van der Waals surface area contributed by atoms with Crippen molar-refractivity contribution in [1.82, 2.24) is 10.2 Å². The molecule has 2 amide bonds. The average molecular weight is 326 g/mol. The van der Waals surface area contributed by atoms with E-state index >= 15 is 0 Å². The molecular weight excluding hydrogens is 300 g/mol. The molecule has 3 fully saturated rings. The first-order valence-electron chi connectivity index (χ1n) is 9.32. The molecule has 0 radical (unpaired) electrons. The van der Waals surface area contributed by atoms with Crippen molar-refractivity contribution in [2.24, 2.45) is 11.3 Å². The van der Waals surface area contributed by atoms with Gasteiger partial charge in [-0.05, 0) is 56.4 Å². The summed E-state index contributed by atoms with van der Waals surface area (Å²) < 4.78 is 0. The molecule has 2 saturated carbocycles. The molecule has 2 aliphatic carbocycles. The third-order valence-corrected chi connectivity index (χ3v) is 5.78. The molecule has 4 rings (SSSR count). The molecule has 128 valence electrons. The fourth-order valence-corrected chi connectivity index (χ4v) is 3.80. The van der Waals surface area contributed by atoms with E-state index in [9.17, 15) is 9.59 Å².